The summed E-state index contributed by atoms with van der Waals surface area (Å²) in [6.45, 7) is 5.61. The summed E-state index contributed by atoms with van der Waals surface area (Å²) in [4.78, 5) is 4.64. The third kappa shape index (κ3) is 4.06. The molecule has 0 unspecified atom stereocenters. The number of rotatable bonds is 4. The van der Waals surface area contributed by atoms with Crippen molar-refractivity contribution in [1.82, 2.24) is 9.80 Å². The van der Waals surface area contributed by atoms with Gasteiger partial charge >= 0.3 is 0 Å². The molecule has 0 radical (unpaired) electrons. The number of nitrogens with zero attached hydrogens (tertiary/aromatic N) is 2. The molecule has 1 aliphatic heterocycles. The Morgan fingerprint density at radius 3 is 2.68 bits per heavy atom. The van der Waals surface area contributed by atoms with Crippen molar-refractivity contribution in [2.45, 2.75) is 0 Å². The Morgan fingerprint density at radius 1 is 1.32 bits per heavy atom. The van der Waals surface area contributed by atoms with Gasteiger partial charge in [-0.05, 0) is 29.0 Å². The van der Waals surface area contributed by atoms with E-state index in [2.05, 4.69) is 32.8 Å². The van der Waals surface area contributed by atoms with Crippen LogP contribution in [0.2, 0.25) is 0 Å². The van der Waals surface area contributed by atoms with Crippen LogP contribution in [0.4, 0.5) is 10.1 Å². The SMILES string of the molecule is CN1CCN(CCOc2cc(F)c(Br)cc2N)CC1. The fourth-order valence-corrected chi connectivity index (χ4v) is 2.39. The molecule has 1 fully saturated rings. The lowest BCUT2D eigenvalue weighted by molar-refractivity contribution is 0.134. The van der Waals surface area contributed by atoms with Gasteiger partial charge in [0.1, 0.15) is 18.2 Å². The highest BCUT2D eigenvalue weighted by Crippen LogP contribution is 2.28. The van der Waals surface area contributed by atoms with Crippen molar-refractivity contribution >= 4 is 21.6 Å². The van der Waals surface area contributed by atoms with Crippen LogP contribution in [0.25, 0.3) is 0 Å². The number of anilines is 1. The van der Waals surface area contributed by atoms with E-state index in [4.69, 9.17) is 10.5 Å². The summed E-state index contributed by atoms with van der Waals surface area (Å²) in [5.41, 5.74) is 6.24. The van der Waals surface area contributed by atoms with E-state index in [9.17, 15) is 4.39 Å². The molecule has 0 atom stereocenters. The zero-order valence-electron chi connectivity index (χ0n) is 11.0. The van der Waals surface area contributed by atoms with E-state index in [1.807, 2.05) is 0 Å². The quantitative estimate of drug-likeness (QED) is 0.854. The zero-order chi connectivity index (χ0) is 13.8. The van der Waals surface area contributed by atoms with E-state index in [0.717, 1.165) is 32.7 Å². The number of nitrogens with two attached hydrogens (primary N) is 1. The molecule has 0 amide bonds. The van der Waals surface area contributed by atoms with Crippen molar-refractivity contribution in [2.75, 3.05) is 52.1 Å². The lowest BCUT2D eigenvalue weighted by Gasteiger charge is -2.32. The lowest BCUT2D eigenvalue weighted by atomic mass is 10.3. The van der Waals surface area contributed by atoms with Gasteiger partial charge in [-0.3, -0.25) is 4.90 Å². The Hall–Kier alpha value is -0.850. The summed E-state index contributed by atoms with van der Waals surface area (Å²) in [7, 11) is 2.12. The van der Waals surface area contributed by atoms with E-state index < -0.39 is 0 Å². The fourth-order valence-electron chi connectivity index (χ4n) is 2.03. The highest BCUT2D eigenvalue weighted by Gasteiger charge is 2.13. The van der Waals surface area contributed by atoms with E-state index in [-0.39, 0.29) is 5.82 Å². The number of piperazine rings is 1. The first-order valence-electron chi connectivity index (χ1n) is 6.34. The second kappa shape index (κ2) is 6.54. The van der Waals surface area contributed by atoms with Gasteiger partial charge in [-0.2, -0.15) is 0 Å². The van der Waals surface area contributed by atoms with Gasteiger partial charge in [-0.15, -0.1) is 0 Å². The van der Waals surface area contributed by atoms with E-state index in [1.165, 1.54) is 12.1 Å². The topological polar surface area (TPSA) is 41.7 Å². The molecule has 19 heavy (non-hydrogen) atoms. The normalized spacial score (nSPS) is 17.6. The van der Waals surface area contributed by atoms with Crippen LogP contribution in [0.1, 0.15) is 0 Å². The predicted molar refractivity (Wildman–Crippen MR) is 77.9 cm³/mol. The first-order chi connectivity index (χ1) is 9.06. The van der Waals surface area contributed by atoms with Crippen LogP contribution in [0, 0.1) is 5.82 Å². The van der Waals surface area contributed by atoms with Crippen LogP contribution in [0.5, 0.6) is 5.75 Å². The van der Waals surface area contributed by atoms with Crippen molar-refractivity contribution < 1.29 is 9.13 Å². The van der Waals surface area contributed by atoms with Crippen LogP contribution in [0.15, 0.2) is 16.6 Å². The predicted octanol–water partition coefficient (Wildman–Crippen LogP) is 1.80. The third-order valence-electron chi connectivity index (χ3n) is 3.31. The molecule has 0 saturated carbocycles. The monoisotopic (exact) mass is 331 g/mol. The fraction of sp³-hybridized carbons (Fsp3) is 0.538. The number of hydrogen-bond donors (Lipinski definition) is 1. The average molecular weight is 332 g/mol. The van der Waals surface area contributed by atoms with Crippen LogP contribution in [-0.2, 0) is 0 Å². The molecule has 2 N–H and O–H groups in total. The van der Waals surface area contributed by atoms with Gasteiger partial charge < -0.3 is 15.4 Å². The largest absolute Gasteiger partial charge is 0.490 e. The molecule has 0 bridgehead atoms. The maximum absolute atomic E-state index is 13.4. The molecule has 1 aromatic carbocycles. The van der Waals surface area contributed by atoms with E-state index in [1.54, 1.807) is 0 Å². The molecule has 0 aliphatic carbocycles. The smallest absolute Gasteiger partial charge is 0.145 e. The third-order valence-corrected chi connectivity index (χ3v) is 3.92. The summed E-state index contributed by atoms with van der Waals surface area (Å²) in [5, 5.41) is 0. The van der Waals surface area contributed by atoms with Gasteiger partial charge in [-0.1, -0.05) is 0 Å². The Kier molecular flexibility index (Phi) is 5.01. The van der Waals surface area contributed by atoms with Gasteiger partial charge in [0.05, 0.1) is 10.2 Å². The van der Waals surface area contributed by atoms with Crippen molar-refractivity contribution in [1.29, 1.82) is 0 Å². The molecule has 1 aromatic rings. The Morgan fingerprint density at radius 2 is 2.00 bits per heavy atom. The second-order valence-electron chi connectivity index (χ2n) is 4.80. The Bertz CT molecular complexity index is 436. The van der Waals surface area contributed by atoms with Crippen LogP contribution in [-0.4, -0.2) is 56.2 Å². The highest BCUT2D eigenvalue weighted by atomic mass is 79.9. The van der Waals surface area contributed by atoms with Gasteiger partial charge in [0, 0.05) is 38.8 Å². The molecule has 1 saturated heterocycles. The second-order valence-corrected chi connectivity index (χ2v) is 5.65. The van der Waals surface area contributed by atoms with E-state index >= 15 is 0 Å². The maximum Gasteiger partial charge on any atom is 0.145 e. The summed E-state index contributed by atoms with van der Waals surface area (Å²) in [5.74, 6) is 0.0543. The van der Waals surface area contributed by atoms with Crippen molar-refractivity contribution in [3.8, 4) is 5.75 Å². The number of halogens is 2. The number of benzene rings is 1. The first-order valence-corrected chi connectivity index (χ1v) is 7.14. The number of hydrogen-bond acceptors (Lipinski definition) is 4. The molecule has 0 aromatic heterocycles. The molecule has 1 heterocycles. The number of ether oxygens (including phenoxy) is 1. The molecule has 0 spiro atoms. The van der Waals surface area contributed by atoms with Crippen LogP contribution in [0.3, 0.4) is 0 Å². The minimum Gasteiger partial charge on any atom is -0.490 e. The molecule has 2 rings (SSSR count). The van der Waals surface area contributed by atoms with Gasteiger partial charge in [-0.25, -0.2) is 4.39 Å². The Labute approximate surface area is 121 Å². The van der Waals surface area contributed by atoms with Gasteiger partial charge in [0.2, 0.25) is 0 Å². The number of likely N-dealkylation sites (N-methyl/N-ethyl adjacent to an activating group) is 1. The summed E-state index contributed by atoms with van der Waals surface area (Å²) >= 11 is 3.09. The van der Waals surface area contributed by atoms with Gasteiger partial charge in [0.15, 0.2) is 0 Å². The minimum atomic E-state index is -0.358. The Balaban J connectivity index is 1.81. The first kappa shape index (κ1) is 14.6. The summed E-state index contributed by atoms with van der Waals surface area (Å²) < 4.78 is 19.3. The minimum absolute atomic E-state index is 0.358. The molecule has 4 nitrogen and oxygen atoms in total. The summed E-state index contributed by atoms with van der Waals surface area (Å²) in [6, 6.07) is 2.85. The van der Waals surface area contributed by atoms with Crippen LogP contribution < -0.4 is 10.5 Å². The maximum atomic E-state index is 13.4. The number of nitrogen functional groups attached to an aromatic ring is 1. The molecular formula is C13H19BrFN3O. The van der Waals surface area contributed by atoms with Crippen molar-refractivity contribution in [2.24, 2.45) is 0 Å². The van der Waals surface area contributed by atoms with E-state index in [0.29, 0.717) is 22.5 Å². The molecule has 1 aliphatic rings. The highest BCUT2D eigenvalue weighted by molar-refractivity contribution is 9.10. The lowest BCUT2D eigenvalue weighted by Crippen LogP contribution is -2.45. The van der Waals surface area contributed by atoms with Crippen molar-refractivity contribution in [3.63, 3.8) is 0 Å². The summed E-state index contributed by atoms with van der Waals surface area (Å²) in [6.07, 6.45) is 0. The molecule has 106 valence electrons. The van der Waals surface area contributed by atoms with Crippen molar-refractivity contribution in [3.05, 3.63) is 22.4 Å². The van der Waals surface area contributed by atoms with Crippen LogP contribution >= 0.6 is 15.9 Å². The standard InChI is InChI=1S/C13H19BrFN3O/c1-17-2-4-18(5-3-17)6-7-19-13-9-11(15)10(14)8-12(13)16/h8-9H,2-7,16H2,1H3. The molecule has 6 heteroatoms. The molecular weight excluding hydrogens is 313 g/mol. The van der Waals surface area contributed by atoms with Gasteiger partial charge in [0.25, 0.3) is 0 Å². The zero-order valence-corrected chi connectivity index (χ0v) is 12.6. The average Bonchev–Trinajstić information content (AvgIpc) is 2.38.